The molecule has 0 unspecified atom stereocenters. The number of carbonyl (C=O) groups is 1. The molecule has 140 valence electrons. The molecule has 1 aromatic heterocycles. The van der Waals surface area contributed by atoms with Gasteiger partial charge in [0.25, 0.3) is 5.91 Å². The van der Waals surface area contributed by atoms with Gasteiger partial charge in [0.1, 0.15) is 0 Å². The number of hydrogen-bond donors (Lipinski definition) is 1. The Labute approximate surface area is 150 Å². The fourth-order valence-electron chi connectivity index (χ4n) is 3.37. The molecule has 1 aliphatic carbocycles. The molecule has 0 saturated heterocycles. The molecule has 3 rings (SSSR count). The van der Waals surface area contributed by atoms with E-state index in [2.05, 4.69) is 17.3 Å². The summed E-state index contributed by atoms with van der Waals surface area (Å²) in [4.78, 5) is 12.5. The van der Waals surface area contributed by atoms with Crippen LogP contribution in [0.1, 0.15) is 54.2 Å². The topological polar surface area (TPSA) is 46.9 Å². The number of aromatic nitrogens is 2. The first-order valence-electron chi connectivity index (χ1n) is 8.79. The van der Waals surface area contributed by atoms with Crippen LogP contribution in [0.15, 0.2) is 30.5 Å². The van der Waals surface area contributed by atoms with Crippen LogP contribution >= 0.6 is 0 Å². The molecular formula is C19H22F3N3O. The van der Waals surface area contributed by atoms with Gasteiger partial charge in [-0.05, 0) is 56.7 Å². The van der Waals surface area contributed by atoms with Gasteiger partial charge in [0.15, 0.2) is 0 Å². The molecule has 0 spiro atoms. The lowest BCUT2D eigenvalue weighted by Gasteiger charge is -2.26. The van der Waals surface area contributed by atoms with E-state index in [1.165, 1.54) is 16.9 Å². The molecule has 0 atom stereocenters. The lowest BCUT2D eigenvalue weighted by Crippen LogP contribution is -2.37. The lowest BCUT2D eigenvalue weighted by molar-refractivity contribution is -0.137. The standard InChI is InChI=1S/C19H22F3N3O/c1-12-6-8-15(9-7-12)24-18(26)17-11-23-25(13(17)2)16-5-3-4-14(10-16)19(20,21)22/h3-5,10-12,15H,6-9H2,1-2H3,(H,24,26). The quantitative estimate of drug-likeness (QED) is 0.870. The second-order valence-electron chi connectivity index (χ2n) is 7.03. The molecule has 26 heavy (non-hydrogen) atoms. The van der Waals surface area contributed by atoms with Crippen LogP contribution in [0.3, 0.4) is 0 Å². The van der Waals surface area contributed by atoms with E-state index in [0.717, 1.165) is 37.8 Å². The monoisotopic (exact) mass is 365 g/mol. The van der Waals surface area contributed by atoms with Crippen molar-refractivity contribution < 1.29 is 18.0 Å². The summed E-state index contributed by atoms with van der Waals surface area (Å²) < 4.78 is 40.1. The highest BCUT2D eigenvalue weighted by atomic mass is 19.4. The third-order valence-corrected chi connectivity index (χ3v) is 5.02. The Bertz CT molecular complexity index is 790. The van der Waals surface area contributed by atoms with Crippen LogP contribution in [0.25, 0.3) is 5.69 Å². The van der Waals surface area contributed by atoms with E-state index in [-0.39, 0.29) is 17.6 Å². The van der Waals surface area contributed by atoms with Crippen LogP contribution in [0, 0.1) is 12.8 Å². The number of nitrogens with one attached hydrogen (secondary N) is 1. The summed E-state index contributed by atoms with van der Waals surface area (Å²) in [5.74, 6) is 0.467. The first-order chi connectivity index (χ1) is 12.3. The summed E-state index contributed by atoms with van der Waals surface area (Å²) in [5.41, 5.74) is 0.446. The number of halogens is 3. The Morgan fingerprint density at radius 1 is 1.23 bits per heavy atom. The second kappa shape index (κ2) is 7.13. The van der Waals surface area contributed by atoms with Crippen molar-refractivity contribution in [2.45, 2.75) is 51.7 Å². The number of alkyl halides is 3. The van der Waals surface area contributed by atoms with E-state index in [1.54, 1.807) is 13.0 Å². The van der Waals surface area contributed by atoms with Crippen LogP contribution in [-0.2, 0) is 6.18 Å². The maximum absolute atomic E-state index is 12.9. The minimum Gasteiger partial charge on any atom is -0.349 e. The maximum Gasteiger partial charge on any atom is 0.416 e. The zero-order valence-corrected chi connectivity index (χ0v) is 14.8. The molecular weight excluding hydrogens is 343 g/mol. The Balaban J connectivity index is 1.79. The average molecular weight is 365 g/mol. The maximum atomic E-state index is 12.9. The van der Waals surface area contributed by atoms with Crippen molar-refractivity contribution in [2.24, 2.45) is 5.92 Å². The van der Waals surface area contributed by atoms with Gasteiger partial charge in [-0.2, -0.15) is 18.3 Å². The van der Waals surface area contributed by atoms with Crippen molar-refractivity contribution in [3.8, 4) is 5.69 Å². The molecule has 1 saturated carbocycles. The third-order valence-electron chi connectivity index (χ3n) is 5.02. The Kier molecular flexibility index (Phi) is 5.07. The molecule has 0 radical (unpaired) electrons. The van der Waals surface area contributed by atoms with Gasteiger partial charge in [-0.25, -0.2) is 4.68 Å². The zero-order valence-electron chi connectivity index (χ0n) is 14.8. The van der Waals surface area contributed by atoms with Gasteiger partial charge >= 0.3 is 6.18 Å². The van der Waals surface area contributed by atoms with Crippen molar-refractivity contribution in [3.63, 3.8) is 0 Å². The predicted octanol–water partition coefficient (Wildman–Crippen LogP) is 4.51. The van der Waals surface area contributed by atoms with E-state index in [9.17, 15) is 18.0 Å². The van der Waals surface area contributed by atoms with Crippen molar-refractivity contribution in [3.05, 3.63) is 47.3 Å². The summed E-state index contributed by atoms with van der Waals surface area (Å²) in [6.45, 7) is 3.90. The Morgan fingerprint density at radius 2 is 1.92 bits per heavy atom. The molecule has 1 N–H and O–H groups in total. The number of nitrogens with zero attached hydrogens (tertiary/aromatic N) is 2. The van der Waals surface area contributed by atoms with Crippen molar-refractivity contribution >= 4 is 5.91 Å². The van der Waals surface area contributed by atoms with Crippen molar-refractivity contribution in [2.75, 3.05) is 0 Å². The van der Waals surface area contributed by atoms with Crippen LogP contribution < -0.4 is 5.32 Å². The molecule has 7 heteroatoms. The highest BCUT2D eigenvalue weighted by Crippen LogP contribution is 2.30. The van der Waals surface area contributed by atoms with Gasteiger partial charge < -0.3 is 5.32 Å². The van der Waals surface area contributed by atoms with Crippen LogP contribution in [-0.4, -0.2) is 21.7 Å². The molecule has 1 fully saturated rings. The third kappa shape index (κ3) is 3.92. The molecule has 1 amide bonds. The number of carbonyl (C=O) groups excluding carboxylic acids is 1. The second-order valence-corrected chi connectivity index (χ2v) is 7.03. The van der Waals surface area contributed by atoms with E-state index in [0.29, 0.717) is 17.2 Å². The minimum atomic E-state index is -4.42. The fraction of sp³-hybridized carbons (Fsp3) is 0.474. The Morgan fingerprint density at radius 3 is 2.58 bits per heavy atom. The van der Waals surface area contributed by atoms with Gasteiger partial charge in [-0.15, -0.1) is 0 Å². The summed E-state index contributed by atoms with van der Waals surface area (Å²) in [6, 6.07) is 5.07. The van der Waals surface area contributed by atoms with Crippen LogP contribution in [0.4, 0.5) is 13.2 Å². The number of amides is 1. The van der Waals surface area contributed by atoms with Gasteiger partial charge in [0, 0.05) is 6.04 Å². The van der Waals surface area contributed by atoms with Gasteiger partial charge in [0.2, 0.25) is 0 Å². The largest absolute Gasteiger partial charge is 0.416 e. The average Bonchev–Trinajstić information content (AvgIpc) is 2.98. The zero-order chi connectivity index (χ0) is 18.9. The van der Waals surface area contributed by atoms with Crippen LogP contribution in [0.2, 0.25) is 0 Å². The molecule has 1 heterocycles. The summed E-state index contributed by atoms with van der Waals surface area (Å²) >= 11 is 0. The molecule has 0 aliphatic heterocycles. The number of rotatable bonds is 3. The van der Waals surface area contributed by atoms with Gasteiger partial charge in [-0.3, -0.25) is 4.79 Å². The summed E-state index contributed by atoms with van der Waals surface area (Å²) in [5, 5.41) is 7.15. The molecule has 0 bridgehead atoms. The summed E-state index contributed by atoms with van der Waals surface area (Å²) in [7, 11) is 0. The summed E-state index contributed by atoms with van der Waals surface area (Å²) in [6.07, 6.45) is 1.08. The van der Waals surface area contributed by atoms with E-state index < -0.39 is 11.7 Å². The number of hydrogen-bond acceptors (Lipinski definition) is 2. The molecule has 2 aromatic rings. The van der Waals surface area contributed by atoms with Gasteiger partial charge in [-0.1, -0.05) is 13.0 Å². The SMILES string of the molecule is Cc1c(C(=O)NC2CCC(C)CC2)cnn1-c1cccc(C(F)(F)F)c1. The van der Waals surface area contributed by atoms with Crippen LogP contribution in [0.5, 0.6) is 0 Å². The molecule has 1 aliphatic rings. The highest BCUT2D eigenvalue weighted by Gasteiger charge is 2.31. The first kappa shape index (κ1) is 18.5. The van der Waals surface area contributed by atoms with Crippen molar-refractivity contribution in [1.29, 1.82) is 0 Å². The Hall–Kier alpha value is -2.31. The molecule has 4 nitrogen and oxygen atoms in total. The van der Waals surface area contributed by atoms with Gasteiger partial charge in [0.05, 0.1) is 28.7 Å². The minimum absolute atomic E-state index is 0.148. The van der Waals surface area contributed by atoms with E-state index >= 15 is 0 Å². The predicted molar refractivity (Wildman–Crippen MR) is 92.2 cm³/mol. The first-order valence-corrected chi connectivity index (χ1v) is 8.79. The van der Waals surface area contributed by atoms with E-state index in [4.69, 9.17) is 0 Å². The fourth-order valence-corrected chi connectivity index (χ4v) is 3.37. The van der Waals surface area contributed by atoms with Crippen molar-refractivity contribution in [1.82, 2.24) is 15.1 Å². The highest BCUT2D eigenvalue weighted by molar-refractivity contribution is 5.95. The number of benzene rings is 1. The molecule has 1 aromatic carbocycles. The smallest absolute Gasteiger partial charge is 0.349 e. The van der Waals surface area contributed by atoms with E-state index in [1.807, 2.05) is 0 Å². The normalized spacial score (nSPS) is 20.8. The lowest BCUT2D eigenvalue weighted by atomic mass is 9.87.